The number of hydrogen-bond donors (Lipinski definition) is 0. The summed E-state index contributed by atoms with van der Waals surface area (Å²) in [4.78, 5) is 4.09. The summed E-state index contributed by atoms with van der Waals surface area (Å²) in [5.74, 6) is 0. The molecule has 0 aliphatic heterocycles. The Hall–Kier alpha value is -1.52. The normalized spacial score (nSPS) is 12.0. The molecule has 0 saturated carbocycles. The van der Waals surface area contributed by atoms with Crippen LogP contribution >= 0.6 is 0 Å². The van der Waals surface area contributed by atoms with Gasteiger partial charge in [-0.2, -0.15) is 13.2 Å². The van der Waals surface area contributed by atoms with E-state index in [-0.39, 0.29) is 0 Å². The van der Waals surface area contributed by atoms with Crippen LogP contribution in [0.5, 0.6) is 0 Å². The van der Waals surface area contributed by atoms with Crippen LogP contribution in [0.25, 0.3) is 0 Å². The second-order valence-electron chi connectivity index (χ2n) is 3.04. The van der Waals surface area contributed by atoms with E-state index in [9.17, 15) is 13.2 Å². The lowest BCUT2D eigenvalue weighted by atomic mass is 10.2. The molecule has 15 heavy (non-hydrogen) atoms. The zero-order valence-corrected chi connectivity index (χ0v) is 8.08. The fourth-order valence-electron chi connectivity index (χ4n) is 0.959. The molecule has 0 saturated heterocycles. The number of alkyl halides is 3. The first kappa shape index (κ1) is 11.6. The van der Waals surface area contributed by atoms with E-state index in [0.717, 1.165) is 5.56 Å². The van der Waals surface area contributed by atoms with Crippen LogP contribution in [-0.2, 0) is 4.84 Å². The van der Waals surface area contributed by atoms with Crippen LogP contribution < -0.4 is 0 Å². The van der Waals surface area contributed by atoms with E-state index in [1.54, 1.807) is 18.2 Å². The van der Waals surface area contributed by atoms with Crippen molar-refractivity contribution in [2.45, 2.75) is 13.1 Å². The smallest absolute Gasteiger partial charge is 0.386 e. The molecule has 0 atom stereocenters. The van der Waals surface area contributed by atoms with Crippen LogP contribution in [0.3, 0.4) is 0 Å². The van der Waals surface area contributed by atoms with E-state index in [0.29, 0.717) is 5.56 Å². The van der Waals surface area contributed by atoms with Crippen molar-refractivity contribution < 1.29 is 18.0 Å². The summed E-state index contributed by atoms with van der Waals surface area (Å²) in [6.07, 6.45) is -3.09. The maximum Gasteiger partial charge on any atom is 0.425 e. The summed E-state index contributed by atoms with van der Waals surface area (Å²) in [6, 6.07) is 7.20. The molecular weight excluding hydrogens is 207 g/mol. The molecule has 1 aromatic rings. The van der Waals surface area contributed by atoms with Crippen molar-refractivity contribution in [2.75, 3.05) is 6.61 Å². The average Bonchev–Trinajstić information content (AvgIpc) is 2.11. The van der Waals surface area contributed by atoms with Crippen LogP contribution in [0, 0.1) is 6.92 Å². The maximum absolute atomic E-state index is 11.6. The number of benzene rings is 1. The Labute approximate surface area is 85.4 Å². The first-order chi connectivity index (χ1) is 6.97. The summed E-state index contributed by atoms with van der Waals surface area (Å²) in [5, 5.41) is 3.22. The van der Waals surface area contributed by atoms with Crippen LogP contribution in [0.1, 0.15) is 11.1 Å². The van der Waals surface area contributed by atoms with Gasteiger partial charge in [-0.1, -0.05) is 35.0 Å². The van der Waals surface area contributed by atoms with Crippen molar-refractivity contribution >= 4 is 6.21 Å². The molecule has 0 fully saturated rings. The molecule has 0 unspecified atom stereocenters. The lowest BCUT2D eigenvalue weighted by molar-refractivity contribution is -0.173. The van der Waals surface area contributed by atoms with Gasteiger partial charge in [-0.05, 0) is 12.5 Å². The minimum atomic E-state index is -4.34. The minimum Gasteiger partial charge on any atom is -0.386 e. The molecule has 82 valence electrons. The Balaban J connectivity index is 2.45. The van der Waals surface area contributed by atoms with Gasteiger partial charge in [-0.25, -0.2) is 0 Å². The Morgan fingerprint density at radius 1 is 1.40 bits per heavy atom. The van der Waals surface area contributed by atoms with Gasteiger partial charge < -0.3 is 4.84 Å². The summed E-state index contributed by atoms with van der Waals surface area (Å²) in [6.45, 7) is 0.517. The standard InChI is InChI=1S/C10H10F3NO/c1-8-3-2-4-9(5-8)6-14-15-7-10(11,12)13/h2-6H,7H2,1H3. The molecular formula is C10H10F3NO. The molecule has 0 bridgehead atoms. The van der Waals surface area contributed by atoms with Crippen molar-refractivity contribution in [3.05, 3.63) is 35.4 Å². The van der Waals surface area contributed by atoms with Gasteiger partial charge in [0.2, 0.25) is 6.61 Å². The summed E-state index contributed by atoms with van der Waals surface area (Å²) in [5.41, 5.74) is 1.71. The predicted octanol–water partition coefficient (Wildman–Crippen LogP) is 2.91. The Morgan fingerprint density at radius 3 is 2.73 bits per heavy atom. The third-order valence-electron chi connectivity index (χ3n) is 1.55. The Kier molecular flexibility index (Phi) is 3.71. The molecule has 0 spiro atoms. The van der Waals surface area contributed by atoms with Gasteiger partial charge in [-0.15, -0.1) is 0 Å². The van der Waals surface area contributed by atoms with Gasteiger partial charge in [0.15, 0.2) is 0 Å². The summed E-state index contributed by atoms with van der Waals surface area (Å²) < 4.78 is 34.9. The number of aryl methyl sites for hydroxylation is 1. The van der Waals surface area contributed by atoms with Crippen molar-refractivity contribution in [1.29, 1.82) is 0 Å². The number of oxime groups is 1. The molecule has 1 rings (SSSR count). The van der Waals surface area contributed by atoms with E-state index in [1.165, 1.54) is 6.21 Å². The highest BCUT2D eigenvalue weighted by Crippen LogP contribution is 2.14. The lowest BCUT2D eigenvalue weighted by Crippen LogP contribution is -2.14. The monoisotopic (exact) mass is 217 g/mol. The van der Waals surface area contributed by atoms with Gasteiger partial charge >= 0.3 is 6.18 Å². The van der Waals surface area contributed by atoms with E-state index < -0.39 is 12.8 Å². The van der Waals surface area contributed by atoms with E-state index in [1.807, 2.05) is 13.0 Å². The largest absolute Gasteiger partial charge is 0.425 e. The molecule has 5 heteroatoms. The summed E-state index contributed by atoms with van der Waals surface area (Å²) >= 11 is 0. The Morgan fingerprint density at radius 2 is 2.13 bits per heavy atom. The number of nitrogens with zero attached hydrogens (tertiary/aromatic N) is 1. The van der Waals surface area contributed by atoms with Gasteiger partial charge in [0.25, 0.3) is 0 Å². The zero-order valence-electron chi connectivity index (χ0n) is 8.08. The van der Waals surface area contributed by atoms with E-state index in [4.69, 9.17) is 0 Å². The molecule has 0 aliphatic rings. The second-order valence-corrected chi connectivity index (χ2v) is 3.04. The third-order valence-corrected chi connectivity index (χ3v) is 1.55. The van der Waals surface area contributed by atoms with Crippen molar-refractivity contribution in [3.63, 3.8) is 0 Å². The maximum atomic E-state index is 11.6. The van der Waals surface area contributed by atoms with Gasteiger partial charge in [0.1, 0.15) is 0 Å². The average molecular weight is 217 g/mol. The fraction of sp³-hybridized carbons (Fsp3) is 0.300. The number of hydrogen-bond acceptors (Lipinski definition) is 2. The minimum absolute atomic E-state index is 0.706. The van der Waals surface area contributed by atoms with Crippen LogP contribution in [0.4, 0.5) is 13.2 Å². The van der Waals surface area contributed by atoms with Gasteiger partial charge in [-0.3, -0.25) is 0 Å². The Bertz CT molecular complexity index is 347. The molecule has 0 radical (unpaired) electrons. The summed E-state index contributed by atoms with van der Waals surface area (Å²) in [7, 11) is 0. The number of rotatable bonds is 3. The molecule has 2 nitrogen and oxygen atoms in total. The third kappa shape index (κ3) is 5.05. The zero-order chi connectivity index (χ0) is 11.3. The quantitative estimate of drug-likeness (QED) is 0.563. The molecule has 0 amide bonds. The van der Waals surface area contributed by atoms with Crippen molar-refractivity contribution in [3.8, 4) is 0 Å². The highest BCUT2D eigenvalue weighted by Gasteiger charge is 2.28. The van der Waals surface area contributed by atoms with Crippen molar-refractivity contribution in [1.82, 2.24) is 0 Å². The SMILES string of the molecule is Cc1cccc(C=NOCC(F)(F)F)c1. The van der Waals surface area contributed by atoms with E-state index >= 15 is 0 Å². The highest BCUT2D eigenvalue weighted by molar-refractivity contribution is 5.79. The van der Waals surface area contributed by atoms with Gasteiger partial charge in [0, 0.05) is 0 Å². The first-order valence-corrected chi connectivity index (χ1v) is 4.26. The predicted molar refractivity (Wildman–Crippen MR) is 50.8 cm³/mol. The highest BCUT2D eigenvalue weighted by atomic mass is 19.4. The van der Waals surface area contributed by atoms with Crippen LogP contribution in [-0.4, -0.2) is 19.0 Å². The molecule has 0 heterocycles. The van der Waals surface area contributed by atoms with E-state index in [2.05, 4.69) is 9.99 Å². The topological polar surface area (TPSA) is 21.6 Å². The van der Waals surface area contributed by atoms with Crippen molar-refractivity contribution in [2.24, 2.45) is 5.16 Å². The van der Waals surface area contributed by atoms with Crippen LogP contribution in [0.15, 0.2) is 29.4 Å². The fourth-order valence-corrected chi connectivity index (χ4v) is 0.959. The lowest BCUT2D eigenvalue weighted by Gasteiger charge is -2.02. The molecule has 0 N–H and O–H groups in total. The number of halogens is 3. The molecule has 1 aromatic carbocycles. The molecule has 0 aromatic heterocycles. The van der Waals surface area contributed by atoms with Gasteiger partial charge in [0.05, 0.1) is 6.21 Å². The first-order valence-electron chi connectivity index (χ1n) is 4.26. The van der Waals surface area contributed by atoms with Crippen LogP contribution in [0.2, 0.25) is 0 Å². The second kappa shape index (κ2) is 4.82. The molecule has 0 aliphatic carbocycles.